The van der Waals surface area contributed by atoms with Gasteiger partial charge in [0.2, 0.25) is 11.8 Å². The van der Waals surface area contributed by atoms with Gasteiger partial charge in [-0.05, 0) is 18.2 Å². The minimum Gasteiger partial charge on any atom is -0.491 e. The number of anilines is 1. The van der Waals surface area contributed by atoms with Gasteiger partial charge in [0.15, 0.2) is 0 Å². The Hall–Kier alpha value is -2.04. The molecule has 5 heteroatoms. The number of carbonyl (C=O) groups excluding carboxylic acids is 2. The molecule has 1 aromatic carbocycles. The molecule has 0 saturated heterocycles. The molecule has 0 radical (unpaired) electrons. The van der Waals surface area contributed by atoms with Crippen molar-refractivity contribution in [1.82, 2.24) is 0 Å². The van der Waals surface area contributed by atoms with Crippen LogP contribution in [-0.2, 0) is 4.79 Å². The average molecular weight is 220 g/mol. The zero-order valence-electron chi connectivity index (χ0n) is 8.90. The molecule has 1 aliphatic rings. The number of amides is 2. The number of primary amides is 1. The molecule has 16 heavy (non-hydrogen) atoms. The van der Waals surface area contributed by atoms with Crippen molar-refractivity contribution in [3.05, 3.63) is 23.8 Å². The van der Waals surface area contributed by atoms with Crippen LogP contribution >= 0.6 is 0 Å². The van der Waals surface area contributed by atoms with Crippen LogP contribution < -0.4 is 15.4 Å². The molecule has 2 amide bonds. The normalized spacial score (nSPS) is 15.1. The molecular formula is C11H12N2O3. The molecular weight excluding hydrogens is 208 g/mol. The number of fused-ring (bicyclic) bond motifs is 1. The molecule has 84 valence electrons. The van der Waals surface area contributed by atoms with E-state index in [0.29, 0.717) is 30.0 Å². The van der Waals surface area contributed by atoms with E-state index in [1.165, 1.54) is 4.90 Å². The minimum absolute atomic E-state index is 0.0413. The van der Waals surface area contributed by atoms with E-state index in [-0.39, 0.29) is 5.91 Å². The number of hydrogen-bond acceptors (Lipinski definition) is 3. The molecule has 0 saturated carbocycles. The van der Waals surface area contributed by atoms with Gasteiger partial charge in [-0.15, -0.1) is 0 Å². The second kappa shape index (κ2) is 3.84. The van der Waals surface area contributed by atoms with E-state index in [1.54, 1.807) is 25.2 Å². The van der Waals surface area contributed by atoms with Crippen molar-refractivity contribution in [3.8, 4) is 5.75 Å². The Morgan fingerprint density at radius 2 is 2.25 bits per heavy atom. The average Bonchev–Trinajstić information content (AvgIpc) is 2.40. The number of hydrogen-bond donors (Lipinski definition) is 1. The first-order valence-corrected chi connectivity index (χ1v) is 4.93. The van der Waals surface area contributed by atoms with Crippen molar-refractivity contribution in [3.63, 3.8) is 0 Å². The minimum atomic E-state index is -0.520. The van der Waals surface area contributed by atoms with Crippen LogP contribution in [0.3, 0.4) is 0 Å². The van der Waals surface area contributed by atoms with Crippen molar-refractivity contribution >= 4 is 17.5 Å². The van der Waals surface area contributed by atoms with Crippen molar-refractivity contribution in [2.24, 2.45) is 5.73 Å². The van der Waals surface area contributed by atoms with Crippen LogP contribution in [0, 0.1) is 0 Å². The third-order valence-electron chi connectivity index (χ3n) is 2.55. The summed E-state index contributed by atoms with van der Waals surface area (Å²) in [4.78, 5) is 24.1. The van der Waals surface area contributed by atoms with Crippen LogP contribution in [-0.4, -0.2) is 25.5 Å². The highest BCUT2D eigenvalue weighted by atomic mass is 16.5. The Labute approximate surface area is 92.8 Å². The first-order chi connectivity index (χ1) is 7.59. The highest BCUT2D eigenvalue weighted by Crippen LogP contribution is 2.31. The second-order valence-corrected chi connectivity index (χ2v) is 3.60. The molecule has 0 spiro atoms. The number of nitrogens with two attached hydrogens (primary N) is 1. The maximum Gasteiger partial charge on any atom is 0.248 e. The number of rotatable bonds is 1. The first-order valence-electron chi connectivity index (χ1n) is 4.93. The standard InChI is InChI=1S/C11H12N2O3/c1-13-8-6-7(11(12)15)2-3-9(8)16-5-4-10(13)14/h2-3,6H,4-5H2,1H3,(H2,12,15). The molecule has 0 bridgehead atoms. The monoisotopic (exact) mass is 220 g/mol. The van der Waals surface area contributed by atoms with E-state index >= 15 is 0 Å². The van der Waals surface area contributed by atoms with Gasteiger partial charge in [0.05, 0.1) is 18.7 Å². The van der Waals surface area contributed by atoms with E-state index < -0.39 is 5.91 Å². The zero-order valence-corrected chi connectivity index (χ0v) is 8.90. The predicted molar refractivity (Wildman–Crippen MR) is 58.5 cm³/mol. The molecule has 0 fully saturated rings. The molecule has 0 atom stereocenters. The molecule has 1 heterocycles. The van der Waals surface area contributed by atoms with Gasteiger partial charge in [0.25, 0.3) is 0 Å². The Morgan fingerprint density at radius 3 is 2.94 bits per heavy atom. The van der Waals surface area contributed by atoms with Gasteiger partial charge in [-0.25, -0.2) is 0 Å². The molecule has 1 aromatic rings. The summed E-state index contributed by atoms with van der Waals surface area (Å²) < 4.78 is 5.41. The summed E-state index contributed by atoms with van der Waals surface area (Å²) >= 11 is 0. The summed E-state index contributed by atoms with van der Waals surface area (Å²) in [7, 11) is 1.65. The van der Waals surface area contributed by atoms with Crippen LogP contribution in [0.25, 0.3) is 0 Å². The fourth-order valence-electron chi connectivity index (χ4n) is 1.61. The highest BCUT2D eigenvalue weighted by Gasteiger charge is 2.20. The summed E-state index contributed by atoms with van der Waals surface area (Å²) in [5.41, 5.74) is 6.13. The van der Waals surface area contributed by atoms with Crippen molar-refractivity contribution < 1.29 is 14.3 Å². The topological polar surface area (TPSA) is 72.6 Å². The van der Waals surface area contributed by atoms with Gasteiger partial charge in [0, 0.05) is 12.6 Å². The van der Waals surface area contributed by atoms with Crippen molar-refractivity contribution in [2.75, 3.05) is 18.6 Å². The summed E-state index contributed by atoms with van der Waals surface area (Å²) in [6.07, 6.45) is 0.330. The van der Waals surface area contributed by atoms with Gasteiger partial charge < -0.3 is 15.4 Å². The van der Waals surface area contributed by atoms with E-state index in [9.17, 15) is 9.59 Å². The Bertz CT molecular complexity index is 457. The summed E-state index contributed by atoms with van der Waals surface area (Å²) in [6.45, 7) is 0.353. The fraction of sp³-hybridized carbons (Fsp3) is 0.273. The lowest BCUT2D eigenvalue weighted by atomic mass is 10.1. The van der Waals surface area contributed by atoms with Crippen LogP contribution in [0.15, 0.2) is 18.2 Å². The molecule has 0 unspecified atom stereocenters. The maximum absolute atomic E-state index is 11.6. The molecule has 2 rings (SSSR count). The third-order valence-corrected chi connectivity index (χ3v) is 2.55. The predicted octanol–water partition coefficient (Wildman–Crippen LogP) is 0.531. The van der Waals surface area contributed by atoms with E-state index in [4.69, 9.17) is 10.5 Å². The van der Waals surface area contributed by atoms with Crippen molar-refractivity contribution in [1.29, 1.82) is 0 Å². The number of ether oxygens (including phenoxy) is 1. The van der Waals surface area contributed by atoms with E-state index in [2.05, 4.69) is 0 Å². The SMILES string of the molecule is CN1C(=O)CCOc2ccc(C(N)=O)cc21. The lowest BCUT2D eigenvalue weighted by Crippen LogP contribution is -2.25. The number of benzene rings is 1. The summed E-state index contributed by atoms with van der Waals surface area (Å²) in [6, 6.07) is 4.82. The quantitative estimate of drug-likeness (QED) is 0.750. The van der Waals surface area contributed by atoms with E-state index in [0.717, 1.165) is 0 Å². The number of carbonyl (C=O) groups is 2. The van der Waals surface area contributed by atoms with Gasteiger partial charge in [0.1, 0.15) is 5.75 Å². The largest absolute Gasteiger partial charge is 0.491 e. The van der Waals surface area contributed by atoms with Crippen LogP contribution in [0.1, 0.15) is 16.8 Å². The maximum atomic E-state index is 11.6. The fourth-order valence-corrected chi connectivity index (χ4v) is 1.61. The molecule has 0 aliphatic carbocycles. The Balaban J connectivity index is 2.50. The van der Waals surface area contributed by atoms with Crippen molar-refractivity contribution in [2.45, 2.75) is 6.42 Å². The molecule has 0 aromatic heterocycles. The van der Waals surface area contributed by atoms with Crippen LogP contribution in [0.2, 0.25) is 0 Å². The van der Waals surface area contributed by atoms with Crippen LogP contribution in [0.4, 0.5) is 5.69 Å². The summed E-state index contributed by atoms with van der Waals surface area (Å²) in [5, 5.41) is 0. The first kappa shape index (κ1) is 10.5. The summed E-state index contributed by atoms with van der Waals surface area (Å²) in [5.74, 6) is 0.0339. The smallest absolute Gasteiger partial charge is 0.248 e. The van der Waals surface area contributed by atoms with Crippen LogP contribution in [0.5, 0.6) is 5.75 Å². The van der Waals surface area contributed by atoms with Gasteiger partial charge in [-0.2, -0.15) is 0 Å². The zero-order chi connectivity index (χ0) is 11.7. The van der Waals surface area contributed by atoms with Gasteiger partial charge >= 0.3 is 0 Å². The number of nitrogens with zero attached hydrogens (tertiary/aromatic N) is 1. The molecule has 5 nitrogen and oxygen atoms in total. The molecule has 2 N–H and O–H groups in total. The lowest BCUT2D eigenvalue weighted by Gasteiger charge is -2.16. The van der Waals surface area contributed by atoms with E-state index in [1.807, 2.05) is 0 Å². The Kier molecular flexibility index (Phi) is 2.52. The van der Waals surface area contributed by atoms with Gasteiger partial charge in [-0.1, -0.05) is 0 Å². The van der Waals surface area contributed by atoms with Gasteiger partial charge in [-0.3, -0.25) is 9.59 Å². The Morgan fingerprint density at radius 1 is 1.50 bits per heavy atom. The lowest BCUT2D eigenvalue weighted by molar-refractivity contribution is -0.118. The second-order valence-electron chi connectivity index (χ2n) is 3.60. The third kappa shape index (κ3) is 1.71. The highest BCUT2D eigenvalue weighted by molar-refractivity contribution is 5.99. The molecule has 1 aliphatic heterocycles.